The van der Waals surface area contributed by atoms with E-state index >= 15 is 0 Å². The zero-order chi connectivity index (χ0) is 23.4. The number of benzene rings is 3. The third-order valence-corrected chi connectivity index (χ3v) is 6.12. The number of rotatable bonds is 7. The van der Waals surface area contributed by atoms with Crippen LogP contribution in [0.3, 0.4) is 0 Å². The molecule has 3 aromatic carbocycles. The SMILES string of the molecule is COc1ccc2c(=O)n(C)c(CNC(=O)CCc3ccccc3C)c(-c3ccccc3)c2c1. The van der Waals surface area contributed by atoms with Crippen LogP contribution in [0.25, 0.3) is 21.9 Å². The molecular weight excluding hydrogens is 412 g/mol. The van der Waals surface area contributed by atoms with Gasteiger partial charge in [0, 0.05) is 35.5 Å². The molecule has 0 aliphatic rings. The summed E-state index contributed by atoms with van der Waals surface area (Å²) in [6, 6.07) is 23.5. The lowest BCUT2D eigenvalue weighted by Crippen LogP contribution is -2.29. The quantitative estimate of drug-likeness (QED) is 0.450. The molecule has 4 rings (SSSR count). The molecule has 5 heteroatoms. The Hall–Kier alpha value is -3.86. The minimum Gasteiger partial charge on any atom is -0.497 e. The summed E-state index contributed by atoms with van der Waals surface area (Å²) in [5, 5.41) is 4.46. The number of carbonyl (C=O) groups is 1. The van der Waals surface area contributed by atoms with Gasteiger partial charge in [0.1, 0.15) is 5.75 Å². The normalized spacial score (nSPS) is 10.9. The molecule has 0 bridgehead atoms. The average Bonchev–Trinajstić information content (AvgIpc) is 2.85. The molecule has 1 aromatic heterocycles. The lowest BCUT2D eigenvalue weighted by atomic mass is 9.96. The molecule has 33 heavy (non-hydrogen) atoms. The standard InChI is InChI=1S/C28H28N2O3/c1-19-9-7-8-10-20(19)13-16-26(31)29-18-25-27(21-11-5-4-6-12-21)24-17-22(33-3)14-15-23(24)28(32)30(25)2/h4-12,14-15,17H,13,16,18H2,1-3H3,(H,29,31). The summed E-state index contributed by atoms with van der Waals surface area (Å²) in [6.07, 6.45) is 1.07. The first-order chi connectivity index (χ1) is 16.0. The maximum Gasteiger partial charge on any atom is 0.258 e. The smallest absolute Gasteiger partial charge is 0.258 e. The summed E-state index contributed by atoms with van der Waals surface area (Å²) >= 11 is 0. The van der Waals surface area contributed by atoms with Gasteiger partial charge in [-0.3, -0.25) is 9.59 Å². The van der Waals surface area contributed by atoms with E-state index in [2.05, 4.69) is 24.4 Å². The van der Waals surface area contributed by atoms with Crippen LogP contribution in [0.2, 0.25) is 0 Å². The Bertz CT molecular complexity index is 1360. The Balaban J connectivity index is 1.69. The Labute approximate surface area is 193 Å². The number of pyridine rings is 1. The molecule has 0 unspecified atom stereocenters. The van der Waals surface area contributed by atoms with Gasteiger partial charge in [-0.1, -0.05) is 54.6 Å². The molecule has 4 aromatic rings. The Morgan fingerprint density at radius 3 is 2.42 bits per heavy atom. The first-order valence-corrected chi connectivity index (χ1v) is 11.1. The average molecular weight is 441 g/mol. The number of ether oxygens (including phenoxy) is 1. The van der Waals surface area contributed by atoms with Crippen molar-refractivity contribution in [2.24, 2.45) is 7.05 Å². The van der Waals surface area contributed by atoms with E-state index in [1.165, 1.54) is 11.1 Å². The van der Waals surface area contributed by atoms with E-state index in [0.29, 0.717) is 24.0 Å². The highest BCUT2D eigenvalue weighted by Crippen LogP contribution is 2.32. The number of aromatic nitrogens is 1. The first kappa shape index (κ1) is 22.3. The summed E-state index contributed by atoms with van der Waals surface area (Å²) in [5.74, 6) is 0.636. The highest BCUT2D eigenvalue weighted by Gasteiger charge is 2.18. The molecule has 1 amide bonds. The van der Waals surface area contributed by atoms with Gasteiger partial charge in [-0.25, -0.2) is 0 Å². The van der Waals surface area contributed by atoms with Crippen LogP contribution < -0.4 is 15.6 Å². The van der Waals surface area contributed by atoms with Crippen LogP contribution >= 0.6 is 0 Å². The van der Waals surface area contributed by atoms with E-state index in [0.717, 1.165) is 22.2 Å². The fourth-order valence-corrected chi connectivity index (χ4v) is 4.21. The first-order valence-electron chi connectivity index (χ1n) is 11.1. The van der Waals surface area contributed by atoms with Gasteiger partial charge in [0.15, 0.2) is 0 Å². The second kappa shape index (κ2) is 9.74. The number of hydrogen-bond donors (Lipinski definition) is 1. The molecule has 0 saturated heterocycles. The molecule has 0 aliphatic heterocycles. The summed E-state index contributed by atoms with van der Waals surface area (Å²) in [4.78, 5) is 25.8. The van der Waals surface area contributed by atoms with Gasteiger partial charge in [-0.15, -0.1) is 0 Å². The Kier molecular flexibility index (Phi) is 6.59. The molecule has 0 fully saturated rings. The van der Waals surface area contributed by atoms with Crippen molar-refractivity contribution < 1.29 is 9.53 Å². The van der Waals surface area contributed by atoms with E-state index in [1.807, 2.05) is 48.5 Å². The number of hydrogen-bond acceptors (Lipinski definition) is 3. The molecule has 1 N–H and O–H groups in total. The highest BCUT2D eigenvalue weighted by atomic mass is 16.5. The molecule has 0 aliphatic carbocycles. The van der Waals surface area contributed by atoms with Crippen LogP contribution in [-0.2, 0) is 24.8 Å². The van der Waals surface area contributed by atoms with E-state index in [-0.39, 0.29) is 18.0 Å². The fourth-order valence-electron chi connectivity index (χ4n) is 4.21. The number of amides is 1. The number of nitrogens with one attached hydrogen (secondary N) is 1. The van der Waals surface area contributed by atoms with E-state index in [9.17, 15) is 9.59 Å². The molecule has 0 saturated carbocycles. The number of methoxy groups -OCH3 is 1. The minimum absolute atomic E-state index is 0.0459. The minimum atomic E-state index is -0.100. The zero-order valence-corrected chi connectivity index (χ0v) is 19.2. The number of fused-ring (bicyclic) bond motifs is 1. The largest absolute Gasteiger partial charge is 0.497 e. The van der Waals surface area contributed by atoms with Crippen LogP contribution in [0.5, 0.6) is 5.75 Å². The van der Waals surface area contributed by atoms with Gasteiger partial charge in [0.25, 0.3) is 5.56 Å². The van der Waals surface area contributed by atoms with Crippen molar-refractivity contribution in [3.63, 3.8) is 0 Å². The molecule has 5 nitrogen and oxygen atoms in total. The van der Waals surface area contributed by atoms with E-state index in [4.69, 9.17) is 4.74 Å². The number of nitrogens with zero attached hydrogens (tertiary/aromatic N) is 1. The summed E-state index contributed by atoms with van der Waals surface area (Å²) in [5.41, 5.74) is 4.92. The van der Waals surface area contributed by atoms with Gasteiger partial charge < -0.3 is 14.6 Å². The van der Waals surface area contributed by atoms with E-state index in [1.54, 1.807) is 30.9 Å². The van der Waals surface area contributed by atoms with Crippen molar-refractivity contribution in [1.82, 2.24) is 9.88 Å². The zero-order valence-electron chi connectivity index (χ0n) is 19.2. The second-order valence-corrected chi connectivity index (χ2v) is 8.17. The van der Waals surface area contributed by atoms with Crippen molar-refractivity contribution in [2.75, 3.05) is 7.11 Å². The lowest BCUT2D eigenvalue weighted by Gasteiger charge is -2.19. The van der Waals surface area contributed by atoms with Crippen molar-refractivity contribution in [3.05, 3.63) is 100.0 Å². The van der Waals surface area contributed by atoms with Crippen LogP contribution in [-0.4, -0.2) is 17.6 Å². The molecule has 1 heterocycles. The van der Waals surface area contributed by atoms with Gasteiger partial charge in [0.05, 0.1) is 13.7 Å². The number of aryl methyl sites for hydroxylation is 2. The monoisotopic (exact) mass is 440 g/mol. The van der Waals surface area contributed by atoms with Crippen molar-refractivity contribution >= 4 is 16.7 Å². The van der Waals surface area contributed by atoms with Crippen molar-refractivity contribution in [2.45, 2.75) is 26.3 Å². The highest BCUT2D eigenvalue weighted by molar-refractivity contribution is 5.98. The molecular formula is C28H28N2O3. The maximum absolute atomic E-state index is 13.1. The van der Waals surface area contributed by atoms with Crippen molar-refractivity contribution in [1.29, 1.82) is 0 Å². The van der Waals surface area contributed by atoms with Gasteiger partial charge in [-0.05, 0) is 48.2 Å². The van der Waals surface area contributed by atoms with Crippen LogP contribution in [0.1, 0.15) is 23.2 Å². The number of carbonyl (C=O) groups excluding carboxylic acids is 1. The predicted octanol–water partition coefficient (Wildman–Crippen LogP) is 4.77. The lowest BCUT2D eigenvalue weighted by molar-refractivity contribution is -0.121. The second-order valence-electron chi connectivity index (χ2n) is 8.17. The summed E-state index contributed by atoms with van der Waals surface area (Å²) < 4.78 is 7.06. The van der Waals surface area contributed by atoms with Crippen LogP contribution in [0.4, 0.5) is 0 Å². The predicted molar refractivity (Wildman–Crippen MR) is 133 cm³/mol. The van der Waals surface area contributed by atoms with E-state index < -0.39 is 0 Å². The summed E-state index contributed by atoms with van der Waals surface area (Å²) in [7, 11) is 3.37. The van der Waals surface area contributed by atoms with Crippen LogP contribution in [0, 0.1) is 6.92 Å². The van der Waals surface area contributed by atoms with Gasteiger partial charge in [-0.2, -0.15) is 0 Å². The van der Waals surface area contributed by atoms with Crippen molar-refractivity contribution in [3.8, 4) is 16.9 Å². The van der Waals surface area contributed by atoms with Gasteiger partial charge in [0.2, 0.25) is 5.91 Å². The Morgan fingerprint density at radius 1 is 0.970 bits per heavy atom. The molecule has 168 valence electrons. The molecule has 0 spiro atoms. The molecule has 0 radical (unpaired) electrons. The third kappa shape index (κ3) is 4.67. The maximum atomic E-state index is 13.1. The third-order valence-electron chi connectivity index (χ3n) is 6.12. The molecule has 0 atom stereocenters. The van der Waals surface area contributed by atoms with Crippen LogP contribution in [0.15, 0.2) is 77.6 Å². The topological polar surface area (TPSA) is 60.3 Å². The fraction of sp³-hybridized carbons (Fsp3) is 0.214. The summed E-state index contributed by atoms with van der Waals surface area (Å²) in [6.45, 7) is 2.31. The van der Waals surface area contributed by atoms with Gasteiger partial charge >= 0.3 is 0 Å². The Morgan fingerprint density at radius 2 is 1.70 bits per heavy atom.